The average Bonchev–Trinajstić information content (AvgIpc) is 3.18. The predicted octanol–water partition coefficient (Wildman–Crippen LogP) is 0.209. The summed E-state index contributed by atoms with van der Waals surface area (Å²) in [4.78, 5) is 89.2. The van der Waals surface area contributed by atoms with Crippen molar-refractivity contribution in [3.63, 3.8) is 0 Å². The maximum atomic E-state index is 14.0. The summed E-state index contributed by atoms with van der Waals surface area (Å²) in [5.41, 5.74) is 16.9. The summed E-state index contributed by atoms with van der Waals surface area (Å²) in [5.74, 6) is -6.02. The van der Waals surface area contributed by atoms with E-state index in [1.165, 1.54) is 52.4 Å². The van der Waals surface area contributed by atoms with Crippen molar-refractivity contribution < 1.29 is 72.1 Å². The molecular formula is C38H71N6O15P. The van der Waals surface area contributed by atoms with E-state index in [-0.39, 0.29) is 13.0 Å². The van der Waals surface area contributed by atoms with Crippen LogP contribution < -0.4 is 22.5 Å². The van der Waals surface area contributed by atoms with Crippen LogP contribution in [0.15, 0.2) is 0 Å². The number of hydrogen-bond acceptors (Lipinski definition) is 16. The maximum absolute atomic E-state index is 14.0. The van der Waals surface area contributed by atoms with Gasteiger partial charge in [0.15, 0.2) is 6.29 Å². The normalized spacial score (nSPS) is 22.1. The topological polar surface area (TPSA) is 334 Å². The van der Waals surface area contributed by atoms with E-state index in [2.05, 4.69) is 12.2 Å². The van der Waals surface area contributed by atoms with Gasteiger partial charge in [0.05, 0.1) is 37.9 Å². The number of hydrogen-bond donors (Lipinski definition) is 8. The van der Waals surface area contributed by atoms with Gasteiger partial charge >= 0.3 is 7.82 Å². The first-order valence-corrected chi connectivity index (χ1v) is 22.4. The van der Waals surface area contributed by atoms with Crippen molar-refractivity contribution in [2.75, 3.05) is 26.4 Å². The number of carbonyl (C=O) groups is 6. The molecule has 0 spiro atoms. The van der Waals surface area contributed by atoms with Gasteiger partial charge in [-0.2, -0.15) is 0 Å². The molecule has 0 aromatic carbocycles. The summed E-state index contributed by atoms with van der Waals surface area (Å²) >= 11 is 0. The lowest BCUT2D eigenvalue weighted by Crippen LogP contribution is -2.63. The van der Waals surface area contributed by atoms with Gasteiger partial charge in [0, 0.05) is 13.3 Å². The van der Waals surface area contributed by atoms with Crippen molar-refractivity contribution in [3.8, 4) is 0 Å². The molecule has 0 aromatic rings. The Balaban J connectivity index is 3.06. The van der Waals surface area contributed by atoms with E-state index in [9.17, 15) is 53.5 Å². The Kier molecular flexibility index (Phi) is 26.3. The Bertz CT molecular complexity index is 1410. The summed E-state index contributed by atoms with van der Waals surface area (Å²) in [7, 11) is -4.81. The molecule has 11 N–H and O–H groups in total. The fourth-order valence-electron chi connectivity index (χ4n) is 6.51. The Labute approximate surface area is 352 Å². The third-order valence-electron chi connectivity index (χ3n) is 9.99. The summed E-state index contributed by atoms with van der Waals surface area (Å²) in [6.45, 7) is 4.32. The number of primary amides is 1. The minimum atomic E-state index is -4.81. The van der Waals surface area contributed by atoms with Crippen LogP contribution in [0.5, 0.6) is 0 Å². The molecule has 6 amide bonds. The Morgan fingerprint density at radius 3 is 1.93 bits per heavy atom. The molecule has 1 rings (SSSR count). The SMILES string of the molecule is CCCCCCCCCCCCCCOP(=O)(O)OCC(=O)N(CC(C)O[C@@H]1[C@@H](N)[C@@H](O)O[C@H](CO)[C@H]1O)C(=O)[C@H](C)N(C(C)=O)C(=O)CC[C@@H](NC(=O)[C@H](C)N)C(N)=O. The van der Waals surface area contributed by atoms with E-state index < -0.39 is 124 Å². The standard InChI is InChI=1S/C38H71N6O15P/c1-6-7-8-9-10-11-12-13-14-15-16-17-20-56-60(54,55)57-23-31(48)43(21-24(2)58-34-32(40)38(53)59-29(22-45)33(34)49)37(52)26(4)44(27(5)46)30(47)19-18-28(35(41)50)42-36(51)25(3)39/h24-26,28-29,32-34,38,45,49,53H,6-23,39-40H2,1-5H3,(H2,41,50)(H,42,51)(H,54,55)/t24?,25-,26-,28+,29+,32+,33+,34+,38-/m0/s1. The Morgan fingerprint density at radius 1 is 0.883 bits per heavy atom. The number of imide groups is 2. The van der Waals surface area contributed by atoms with Gasteiger partial charge < -0.3 is 52.2 Å². The maximum Gasteiger partial charge on any atom is 0.472 e. The Hall–Kier alpha value is -2.95. The van der Waals surface area contributed by atoms with E-state index in [0.29, 0.717) is 16.2 Å². The number of rotatable bonds is 30. The largest absolute Gasteiger partial charge is 0.472 e. The van der Waals surface area contributed by atoms with Gasteiger partial charge in [-0.3, -0.25) is 47.6 Å². The van der Waals surface area contributed by atoms with Crippen molar-refractivity contribution in [2.24, 2.45) is 17.2 Å². The van der Waals surface area contributed by atoms with Crippen molar-refractivity contribution in [3.05, 3.63) is 0 Å². The van der Waals surface area contributed by atoms with Crippen LogP contribution in [0.4, 0.5) is 0 Å². The highest BCUT2D eigenvalue weighted by molar-refractivity contribution is 7.47. The van der Waals surface area contributed by atoms with Crippen LogP contribution in [-0.4, -0.2) is 147 Å². The van der Waals surface area contributed by atoms with Gasteiger partial charge in [0.1, 0.15) is 37.0 Å². The number of ether oxygens (including phenoxy) is 2. The first-order chi connectivity index (χ1) is 28.2. The number of phosphoric acid groups is 1. The summed E-state index contributed by atoms with van der Waals surface area (Å²) in [6.07, 6.45) is 4.80. The number of nitrogens with two attached hydrogens (primary N) is 3. The molecule has 10 atom stereocenters. The van der Waals surface area contributed by atoms with Crippen molar-refractivity contribution in [1.29, 1.82) is 0 Å². The number of aliphatic hydroxyl groups is 3. The van der Waals surface area contributed by atoms with E-state index in [1.54, 1.807) is 0 Å². The molecule has 60 heavy (non-hydrogen) atoms. The summed E-state index contributed by atoms with van der Waals surface area (Å²) in [6, 6.07) is -5.41. The quantitative estimate of drug-likeness (QED) is 0.0353. The molecule has 0 bridgehead atoms. The van der Waals surface area contributed by atoms with Crippen LogP contribution in [0.25, 0.3) is 0 Å². The molecule has 0 aliphatic carbocycles. The predicted molar refractivity (Wildman–Crippen MR) is 217 cm³/mol. The molecule has 0 radical (unpaired) electrons. The second-order valence-corrected chi connectivity index (χ2v) is 16.7. The number of nitrogens with zero attached hydrogens (tertiary/aromatic N) is 2. The molecule has 348 valence electrons. The number of amides is 6. The first kappa shape index (κ1) is 55.1. The van der Waals surface area contributed by atoms with E-state index in [0.717, 1.165) is 46.0 Å². The van der Waals surface area contributed by atoms with E-state index in [1.807, 2.05) is 0 Å². The molecule has 22 heteroatoms. The minimum absolute atomic E-state index is 0.139. The first-order valence-electron chi connectivity index (χ1n) is 20.9. The van der Waals surface area contributed by atoms with Gasteiger partial charge in [-0.05, 0) is 33.6 Å². The summed E-state index contributed by atoms with van der Waals surface area (Å²) in [5, 5.41) is 32.8. The van der Waals surface area contributed by atoms with Crippen LogP contribution in [0.3, 0.4) is 0 Å². The third-order valence-corrected chi connectivity index (χ3v) is 11.0. The van der Waals surface area contributed by atoms with Crippen LogP contribution in [0.1, 0.15) is 125 Å². The molecule has 2 unspecified atom stereocenters. The molecule has 1 fully saturated rings. The van der Waals surface area contributed by atoms with Gasteiger partial charge in [-0.15, -0.1) is 0 Å². The minimum Gasteiger partial charge on any atom is -0.394 e. The zero-order valence-corrected chi connectivity index (χ0v) is 36.7. The highest BCUT2D eigenvalue weighted by Gasteiger charge is 2.45. The number of phosphoric ester groups is 1. The second kappa shape index (κ2) is 28.6. The molecule has 1 heterocycles. The van der Waals surface area contributed by atoms with Crippen molar-refractivity contribution in [1.82, 2.24) is 15.1 Å². The number of unbranched alkanes of at least 4 members (excludes halogenated alkanes) is 11. The molecule has 1 saturated heterocycles. The highest BCUT2D eigenvalue weighted by Crippen LogP contribution is 2.43. The molecule has 21 nitrogen and oxygen atoms in total. The number of aliphatic hydroxyl groups excluding tert-OH is 3. The monoisotopic (exact) mass is 882 g/mol. The molecule has 0 saturated carbocycles. The van der Waals surface area contributed by atoms with Crippen LogP contribution >= 0.6 is 7.82 Å². The van der Waals surface area contributed by atoms with E-state index >= 15 is 0 Å². The fourth-order valence-corrected chi connectivity index (χ4v) is 7.22. The molecule has 1 aliphatic rings. The lowest BCUT2D eigenvalue weighted by molar-refractivity contribution is -0.263. The number of carbonyl (C=O) groups excluding carboxylic acids is 6. The second-order valence-electron chi connectivity index (χ2n) is 15.3. The smallest absolute Gasteiger partial charge is 0.394 e. The fraction of sp³-hybridized carbons (Fsp3) is 0.842. The van der Waals surface area contributed by atoms with Crippen LogP contribution in [-0.2, 0) is 51.9 Å². The van der Waals surface area contributed by atoms with Crippen molar-refractivity contribution in [2.45, 2.75) is 179 Å². The van der Waals surface area contributed by atoms with Gasteiger partial charge in [-0.25, -0.2) is 4.57 Å². The van der Waals surface area contributed by atoms with E-state index in [4.69, 9.17) is 35.7 Å². The van der Waals surface area contributed by atoms with Gasteiger partial charge in [-0.1, -0.05) is 77.6 Å². The third kappa shape index (κ3) is 19.8. The number of nitrogens with one attached hydrogen (secondary N) is 1. The molecular weight excluding hydrogens is 811 g/mol. The van der Waals surface area contributed by atoms with Crippen LogP contribution in [0, 0.1) is 0 Å². The van der Waals surface area contributed by atoms with Gasteiger partial charge in [0.2, 0.25) is 23.6 Å². The Morgan fingerprint density at radius 2 is 1.43 bits per heavy atom. The lowest BCUT2D eigenvalue weighted by atomic mass is 9.97. The highest BCUT2D eigenvalue weighted by atomic mass is 31.2. The lowest BCUT2D eigenvalue weighted by Gasteiger charge is -2.42. The zero-order chi connectivity index (χ0) is 45.6. The van der Waals surface area contributed by atoms with Crippen molar-refractivity contribution >= 4 is 43.3 Å². The van der Waals surface area contributed by atoms with Gasteiger partial charge in [0.25, 0.3) is 11.8 Å². The average molecular weight is 883 g/mol. The summed E-state index contributed by atoms with van der Waals surface area (Å²) < 4.78 is 33.6. The molecule has 0 aromatic heterocycles. The molecule has 1 aliphatic heterocycles. The van der Waals surface area contributed by atoms with Crippen LogP contribution in [0.2, 0.25) is 0 Å². The zero-order valence-electron chi connectivity index (χ0n) is 35.8.